The fourth-order valence-electron chi connectivity index (χ4n) is 2.68. The molecule has 0 fully saturated rings. The number of nitrogens with two attached hydrogens (primary N) is 1. The van der Waals surface area contributed by atoms with Crippen LogP contribution in [0.25, 0.3) is 0 Å². The van der Waals surface area contributed by atoms with E-state index in [1.54, 1.807) is 0 Å². The Morgan fingerprint density at radius 1 is 1.25 bits per heavy atom. The Bertz CT molecular complexity index is 668. The number of halogens is 2. The van der Waals surface area contributed by atoms with Crippen molar-refractivity contribution in [3.63, 3.8) is 0 Å². The number of rotatable bonds is 2. The number of anilines is 2. The van der Waals surface area contributed by atoms with Gasteiger partial charge in [-0.1, -0.05) is 41.4 Å². The molecular weight excluding hydrogens is 291 g/mol. The lowest BCUT2D eigenvalue weighted by Gasteiger charge is -2.21. The lowest BCUT2D eigenvalue weighted by atomic mass is 10.1. The first-order valence-corrected chi connectivity index (χ1v) is 7.38. The van der Waals surface area contributed by atoms with Crippen molar-refractivity contribution < 1.29 is 0 Å². The first kappa shape index (κ1) is 13.6. The van der Waals surface area contributed by atoms with Gasteiger partial charge in [-0.3, -0.25) is 0 Å². The normalized spacial score (nSPS) is 13.7. The van der Waals surface area contributed by atoms with Crippen molar-refractivity contribution in [2.45, 2.75) is 19.9 Å². The van der Waals surface area contributed by atoms with Gasteiger partial charge in [0.25, 0.3) is 0 Å². The predicted molar refractivity (Wildman–Crippen MR) is 86.8 cm³/mol. The third-order valence-corrected chi connectivity index (χ3v) is 4.71. The van der Waals surface area contributed by atoms with Crippen LogP contribution in [0.2, 0.25) is 10.0 Å². The van der Waals surface area contributed by atoms with Gasteiger partial charge in [-0.15, -0.1) is 0 Å². The smallest absolute Gasteiger partial charge is 0.0642 e. The summed E-state index contributed by atoms with van der Waals surface area (Å²) in [5.74, 6) is 0. The molecule has 1 aliphatic heterocycles. The van der Waals surface area contributed by atoms with Gasteiger partial charge in [-0.2, -0.15) is 0 Å². The zero-order chi connectivity index (χ0) is 14.3. The van der Waals surface area contributed by atoms with Crippen LogP contribution in [-0.4, -0.2) is 6.54 Å². The van der Waals surface area contributed by atoms with Crippen LogP contribution in [0.1, 0.15) is 16.7 Å². The fourth-order valence-corrected chi connectivity index (χ4v) is 3.06. The van der Waals surface area contributed by atoms with Crippen molar-refractivity contribution in [3.8, 4) is 0 Å². The summed E-state index contributed by atoms with van der Waals surface area (Å²) in [5.41, 5.74) is 11.6. The summed E-state index contributed by atoms with van der Waals surface area (Å²) in [6.07, 6.45) is 1.05. The minimum atomic E-state index is 0.604. The van der Waals surface area contributed by atoms with E-state index in [4.69, 9.17) is 28.9 Å². The molecule has 0 saturated heterocycles. The Kier molecular flexibility index (Phi) is 3.53. The molecule has 4 heteroatoms. The number of benzene rings is 2. The molecule has 0 atom stereocenters. The van der Waals surface area contributed by atoms with Crippen LogP contribution in [0.4, 0.5) is 11.4 Å². The van der Waals surface area contributed by atoms with Crippen LogP contribution in [-0.2, 0) is 13.0 Å². The van der Waals surface area contributed by atoms with E-state index in [-0.39, 0.29) is 0 Å². The highest BCUT2D eigenvalue weighted by molar-refractivity contribution is 6.42. The van der Waals surface area contributed by atoms with Gasteiger partial charge in [0.15, 0.2) is 0 Å². The highest BCUT2D eigenvalue weighted by atomic mass is 35.5. The first-order valence-electron chi connectivity index (χ1n) is 6.63. The summed E-state index contributed by atoms with van der Waals surface area (Å²) in [6.45, 7) is 3.79. The van der Waals surface area contributed by atoms with Gasteiger partial charge in [0, 0.05) is 24.5 Å². The van der Waals surface area contributed by atoms with Crippen molar-refractivity contribution in [2.24, 2.45) is 0 Å². The molecule has 0 spiro atoms. The molecule has 0 radical (unpaired) electrons. The van der Waals surface area contributed by atoms with Gasteiger partial charge in [-0.25, -0.2) is 0 Å². The van der Waals surface area contributed by atoms with E-state index >= 15 is 0 Å². The minimum absolute atomic E-state index is 0.604. The Hall–Kier alpha value is -1.38. The van der Waals surface area contributed by atoms with Crippen LogP contribution in [0.5, 0.6) is 0 Å². The van der Waals surface area contributed by atoms with Crippen molar-refractivity contribution >= 4 is 34.6 Å². The van der Waals surface area contributed by atoms with E-state index in [0.717, 1.165) is 36.3 Å². The second-order valence-electron chi connectivity index (χ2n) is 5.22. The van der Waals surface area contributed by atoms with Gasteiger partial charge in [0.05, 0.1) is 10.0 Å². The topological polar surface area (TPSA) is 29.3 Å². The number of hydrogen-bond donors (Lipinski definition) is 1. The molecule has 1 aliphatic rings. The summed E-state index contributed by atoms with van der Waals surface area (Å²) in [5, 5.41) is 1.25. The Morgan fingerprint density at radius 3 is 2.85 bits per heavy atom. The zero-order valence-corrected chi connectivity index (χ0v) is 12.8. The van der Waals surface area contributed by atoms with Crippen LogP contribution in [0.3, 0.4) is 0 Å². The van der Waals surface area contributed by atoms with E-state index in [2.05, 4.69) is 17.0 Å². The molecule has 1 heterocycles. The molecule has 0 unspecified atom stereocenters. The number of nitrogen functional groups attached to an aromatic ring is 1. The average Bonchev–Trinajstić information content (AvgIpc) is 2.78. The number of fused-ring (bicyclic) bond motifs is 1. The van der Waals surface area contributed by atoms with Gasteiger partial charge < -0.3 is 10.6 Å². The summed E-state index contributed by atoms with van der Waals surface area (Å²) >= 11 is 12.3. The number of aryl methyl sites for hydroxylation is 1. The third-order valence-electron chi connectivity index (χ3n) is 3.85. The Balaban J connectivity index is 1.92. The summed E-state index contributed by atoms with van der Waals surface area (Å²) in [6, 6.07) is 10.0. The van der Waals surface area contributed by atoms with Gasteiger partial charge >= 0.3 is 0 Å². The first-order chi connectivity index (χ1) is 9.56. The van der Waals surface area contributed by atoms with Crippen LogP contribution in [0.15, 0.2) is 30.3 Å². The van der Waals surface area contributed by atoms with Gasteiger partial charge in [0.2, 0.25) is 0 Å². The molecule has 3 rings (SSSR count). The molecule has 2 N–H and O–H groups in total. The molecule has 104 valence electrons. The zero-order valence-electron chi connectivity index (χ0n) is 11.3. The molecule has 0 amide bonds. The minimum Gasteiger partial charge on any atom is -0.398 e. The highest BCUT2D eigenvalue weighted by Gasteiger charge is 2.21. The SMILES string of the molecule is Cc1cc2c(cc1N)N(Cc1cccc(Cl)c1Cl)CC2. The standard InChI is InChI=1S/C16H16Cl2N2/c1-10-7-11-5-6-20(15(11)8-14(10)19)9-12-3-2-4-13(17)16(12)18/h2-4,7-8H,5-6,9,19H2,1H3. The quantitative estimate of drug-likeness (QED) is 0.831. The second-order valence-corrected chi connectivity index (χ2v) is 6.01. The molecule has 0 bridgehead atoms. The Morgan fingerprint density at radius 2 is 2.05 bits per heavy atom. The van der Waals surface area contributed by atoms with Crippen LogP contribution in [0, 0.1) is 6.92 Å². The Labute approximate surface area is 129 Å². The molecule has 2 aromatic carbocycles. The maximum atomic E-state index is 6.27. The molecule has 0 saturated carbocycles. The second kappa shape index (κ2) is 5.19. The van der Waals surface area contributed by atoms with Crippen molar-refractivity contribution in [3.05, 3.63) is 57.1 Å². The molecule has 0 aliphatic carbocycles. The molecule has 2 aromatic rings. The van der Waals surface area contributed by atoms with Crippen molar-refractivity contribution in [1.29, 1.82) is 0 Å². The lowest BCUT2D eigenvalue weighted by Crippen LogP contribution is -2.20. The summed E-state index contributed by atoms with van der Waals surface area (Å²) < 4.78 is 0. The summed E-state index contributed by atoms with van der Waals surface area (Å²) in [4.78, 5) is 2.31. The monoisotopic (exact) mass is 306 g/mol. The third kappa shape index (κ3) is 2.34. The molecule has 20 heavy (non-hydrogen) atoms. The van der Waals surface area contributed by atoms with E-state index in [0.29, 0.717) is 10.0 Å². The molecule has 0 aromatic heterocycles. The van der Waals surface area contributed by atoms with E-state index in [1.807, 2.05) is 25.1 Å². The number of nitrogens with zero attached hydrogens (tertiary/aromatic N) is 1. The van der Waals surface area contributed by atoms with Gasteiger partial charge in [0.1, 0.15) is 0 Å². The average molecular weight is 307 g/mol. The van der Waals surface area contributed by atoms with E-state index in [9.17, 15) is 0 Å². The highest BCUT2D eigenvalue weighted by Crippen LogP contribution is 2.34. The van der Waals surface area contributed by atoms with Crippen molar-refractivity contribution in [1.82, 2.24) is 0 Å². The number of hydrogen-bond acceptors (Lipinski definition) is 2. The van der Waals surface area contributed by atoms with Crippen LogP contribution < -0.4 is 10.6 Å². The molecule has 2 nitrogen and oxygen atoms in total. The molecular formula is C16H16Cl2N2. The van der Waals surface area contributed by atoms with E-state index in [1.165, 1.54) is 11.3 Å². The van der Waals surface area contributed by atoms with E-state index < -0.39 is 0 Å². The fraction of sp³-hybridized carbons (Fsp3) is 0.250. The predicted octanol–water partition coefficient (Wildman–Crippen LogP) is 4.45. The largest absolute Gasteiger partial charge is 0.398 e. The summed E-state index contributed by atoms with van der Waals surface area (Å²) in [7, 11) is 0. The lowest BCUT2D eigenvalue weighted by molar-refractivity contribution is 0.836. The maximum absolute atomic E-state index is 6.27. The van der Waals surface area contributed by atoms with Gasteiger partial charge in [-0.05, 0) is 42.2 Å². The van der Waals surface area contributed by atoms with Crippen molar-refractivity contribution in [2.75, 3.05) is 17.2 Å². The van der Waals surface area contributed by atoms with Crippen LogP contribution >= 0.6 is 23.2 Å². The maximum Gasteiger partial charge on any atom is 0.0642 e.